The Hall–Kier alpha value is -2.67. The molecule has 0 N–H and O–H groups in total. The molecule has 0 aliphatic carbocycles. The quantitative estimate of drug-likeness (QED) is 0.665. The Labute approximate surface area is 156 Å². The van der Waals surface area contributed by atoms with Crippen molar-refractivity contribution >= 4 is 0 Å². The summed E-state index contributed by atoms with van der Waals surface area (Å²) >= 11 is 0. The number of aryl methyl sites for hydroxylation is 1. The number of rotatable bonds is 7. The Kier molecular flexibility index (Phi) is 6.52. The zero-order valence-corrected chi connectivity index (χ0v) is 16.3. The average molecular weight is 353 g/mol. The van der Waals surface area contributed by atoms with Crippen molar-refractivity contribution in [3.63, 3.8) is 0 Å². The van der Waals surface area contributed by atoms with Crippen molar-refractivity contribution in [2.24, 2.45) is 0 Å². The molecule has 4 heteroatoms. The van der Waals surface area contributed by atoms with E-state index in [9.17, 15) is 0 Å². The molecule has 0 saturated carbocycles. The maximum atomic E-state index is 9.02. The van der Waals surface area contributed by atoms with E-state index in [2.05, 4.69) is 45.9 Å². The summed E-state index contributed by atoms with van der Waals surface area (Å²) in [6.07, 6.45) is 1.00. The van der Waals surface area contributed by atoms with E-state index in [1.165, 1.54) is 11.1 Å². The number of ether oxygens (including phenoxy) is 3. The molecule has 0 radical (unpaired) electrons. The first-order chi connectivity index (χ1) is 12.4. The van der Waals surface area contributed by atoms with Gasteiger partial charge in [-0.3, -0.25) is 0 Å². The molecule has 0 fully saturated rings. The highest BCUT2D eigenvalue weighted by molar-refractivity contribution is 5.46. The van der Waals surface area contributed by atoms with Crippen LogP contribution in [0.2, 0.25) is 0 Å². The van der Waals surface area contributed by atoms with Gasteiger partial charge in [0.2, 0.25) is 0 Å². The van der Waals surface area contributed by atoms with Gasteiger partial charge in [-0.1, -0.05) is 39.8 Å². The van der Waals surface area contributed by atoms with Gasteiger partial charge in [0.1, 0.15) is 19.0 Å². The van der Waals surface area contributed by atoms with E-state index in [0.29, 0.717) is 30.3 Å². The van der Waals surface area contributed by atoms with Crippen molar-refractivity contribution in [1.82, 2.24) is 0 Å². The predicted molar refractivity (Wildman–Crippen MR) is 103 cm³/mol. The number of nitriles is 1. The van der Waals surface area contributed by atoms with E-state index in [0.717, 1.165) is 12.2 Å². The largest absolute Gasteiger partial charge is 0.493 e. The molecule has 0 heterocycles. The standard InChI is InChI=1S/C22H27NO3/c1-6-16-7-9-19(18(13-16)22(2,3)4)25-11-12-26-21-14-17(15-23)8-10-20(21)24-5/h7-10,13-14H,6,11-12H2,1-5H3. The third-order valence-corrected chi connectivity index (χ3v) is 4.15. The highest BCUT2D eigenvalue weighted by Gasteiger charge is 2.19. The van der Waals surface area contributed by atoms with Crippen molar-refractivity contribution in [2.45, 2.75) is 39.5 Å². The van der Waals surface area contributed by atoms with Crippen molar-refractivity contribution < 1.29 is 14.2 Å². The SMILES string of the molecule is CCc1ccc(OCCOc2cc(C#N)ccc2OC)c(C(C)(C)C)c1. The minimum Gasteiger partial charge on any atom is -0.493 e. The average Bonchev–Trinajstić information content (AvgIpc) is 2.64. The Bertz CT molecular complexity index is 785. The van der Waals surface area contributed by atoms with Gasteiger partial charge >= 0.3 is 0 Å². The molecule has 138 valence electrons. The van der Waals surface area contributed by atoms with E-state index in [-0.39, 0.29) is 5.41 Å². The maximum absolute atomic E-state index is 9.02. The Balaban J connectivity index is 2.04. The Morgan fingerprint density at radius 3 is 2.15 bits per heavy atom. The zero-order valence-electron chi connectivity index (χ0n) is 16.3. The van der Waals surface area contributed by atoms with Gasteiger partial charge in [-0.15, -0.1) is 0 Å². The van der Waals surface area contributed by atoms with Gasteiger partial charge in [0, 0.05) is 6.07 Å². The van der Waals surface area contributed by atoms with Crippen molar-refractivity contribution in [3.05, 3.63) is 53.1 Å². The van der Waals surface area contributed by atoms with Gasteiger partial charge in [0.25, 0.3) is 0 Å². The first kappa shape index (κ1) is 19.7. The minimum absolute atomic E-state index is 0.00567. The summed E-state index contributed by atoms with van der Waals surface area (Å²) in [5, 5.41) is 9.02. The van der Waals surface area contributed by atoms with Crippen LogP contribution in [-0.2, 0) is 11.8 Å². The molecule has 0 bridgehead atoms. The van der Waals surface area contributed by atoms with Gasteiger partial charge in [0.05, 0.1) is 18.7 Å². The molecule has 2 aromatic carbocycles. The van der Waals surface area contributed by atoms with Crippen LogP contribution >= 0.6 is 0 Å². The van der Waals surface area contributed by atoms with Crippen molar-refractivity contribution in [3.8, 4) is 23.3 Å². The van der Waals surface area contributed by atoms with Gasteiger partial charge in [-0.2, -0.15) is 5.26 Å². The lowest BCUT2D eigenvalue weighted by molar-refractivity contribution is 0.208. The van der Waals surface area contributed by atoms with Gasteiger partial charge in [-0.25, -0.2) is 0 Å². The summed E-state index contributed by atoms with van der Waals surface area (Å²) in [4.78, 5) is 0. The fourth-order valence-electron chi connectivity index (χ4n) is 2.67. The van der Waals surface area contributed by atoms with Crippen LogP contribution in [0.25, 0.3) is 0 Å². The molecule has 2 rings (SSSR count). The second-order valence-electron chi connectivity index (χ2n) is 7.11. The molecule has 0 atom stereocenters. The fraction of sp³-hybridized carbons (Fsp3) is 0.409. The first-order valence-electron chi connectivity index (χ1n) is 8.86. The molecular weight excluding hydrogens is 326 g/mol. The molecule has 0 unspecified atom stereocenters. The van der Waals surface area contributed by atoms with Crippen LogP contribution in [-0.4, -0.2) is 20.3 Å². The lowest BCUT2D eigenvalue weighted by atomic mass is 9.85. The molecule has 0 aliphatic rings. The van der Waals surface area contributed by atoms with E-state index >= 15 is 0 Å². The summed E-state index contributed by atoms with van der Waals surface area (Å²) in [6, 6.07) is 13.6. The van der Waals surface area contributed by atoms with Crippen LogP contribution in [0.1, 0.15) is 44.4 Å². The highest BCUT2D eigenvalue weighted by Crippen LogP contribution is 2.32. The minimum atomic E-state index is 0.00567. The summed E-state index contributed by atoms with van der Waals surface area (Å²) in [6.45, 7) is 9.48. The molecule has 26 heavy (non-hydrogen) atoms. The Morgan fingerprint density at radius 2 is 1.58 bits per heavy atom. The predicted octanol–water partition coefficient (Wildman–Crippen LogP) is 4.88. The third kappa shape index (κ3) is 4.92. The summed E-state index contributed by atoms with van der Waals surface area (Å²) in [7, 11) is 1.58. The van der Waals surface area contributed by atoms with E-state index in [4.69, 9.17) is 19.5 Å². The second kappa shape index (κ2) is 8.62. The van der Waals surface area contributed by atoms with E-state index in [1.54, 1.807) is 25.3 Å². The van der Waals surface area contributed by atoms with Crippen LogP contribution in [0, 0.1) is 11.3 Å². The number of hydrogen-bond donors (Lipinski definition) is 0. The van der Waals surface area contributed by atoms with Crippen LogP contribution in [0.5, 0.6) is 17.2 Å². The van der Waals surface area contributed by atoms with Crippen LogP contribution in [0.3, 0.4) is 0 Å². The molecule has 0 saturated heterocycles. The molecule has 2 aromatic rings. The molecule has 0 amide bonds. The highest BCUT2D eigenvalue weighted by atomic mass is 16.5. The number of methoxy groups -OCH3 is 1. The van der Waals surface area contributed by atoms with E-state index in [1.807, 2.05) is 6.07 Å². The van der Waals surface area contributed by atoms with E-state index < -0.39 is 0 Å². The summed E-state index contributed by atoms with van der Waals surface area (Å²) in [5.41, 5.74) is 3.04. The first-order valence-corrected chi connectivity index (χ1v) is 8.86. The lowest BCUT2D eigenvalue weighted by Gasteiger charge is -2.24. The molecular formula is C22H27NO3. The van der Waals surface area contributed by atoms with Crippen molar-refractivity contribution in [2.75, 3.05) is 20.3 Å². The summed E-state index contributed by atoms with van der Waals surface area (Å²) in [5.74, 6) is 2.04. The maximum Gasteiger partial charge on any atom is 0.162 e. The zero-order chi connectivity index (χ0) is 19.2. The Morgan fingerprint density at radius 1 is 0.923 bits per heavy atom. The number of hydrogen-bond acceptors (Lipinski definition) is 4. The van der Waals surface area contributed by atoms with Crippen LogP contribution in [0.4, 0.5) is 0 Å². The van der Waals surface area contributed by atoms with Crippen LogP contribution < -0.4 is 14.2 Å². The number of benzene rings is 2. The molecule has 4 nitrogen and oxygen atoms in total. The third-order valence-electron chi connectivity index (χ3n) is 4.15. The lowest BCUT2D eigenvalue weighted by Crippen LogP contribution is -2.16. The monoisotopic (exact) mass is 353 g/mol. The normalized spacial score (nSPS) is 10.9. The summed E-state index contributed by atoms with van der Waals surface area (Å²) < 4.78 is 17.0. The molecule has 0 spiro atoms. The molecule has 0 aliphatic heterocycles. The second-order valence-corrected chi connectivity index (χ2v) is 7.11. The number of nitrogens with zero attached hydrogens (tertiary/aromatic N) is 1. The smallest absolute Gasteiger partial charge is 0.162 e. The van der Waals surface area contributed by atoms with Crippen LogP contribution in [0.15, 0.2) is 36.4 Å². The topological polar surface area (TPSA) is 51.5 Å². The van der Waals surface area contributed by atoms with Gasteiger partial charge in [0.15, 0.2) is 11.5 Å². The van der Waals surface area contributed by atoms with Crippen molar-refractivity contribution in [1.29, 1.82) is 5.26 Å². The van der Waals surface area contributed by atoms with Gasteiger partial charge < -0.3 is 14.2 Å². The molecule has 0 aromatic heterocycles. The fourth-order valence-corrected chi connectivity index (χ4v) is 2.67. The van der Waals surface area contributed by atoms with Gasteiger partial charge in [-0.05, 0) is 41.2 Å².